The van der Waals surface area contributed by atoms with E-state index in [9.17, 15) is 14.7 Å². The Bertz CT molecular complexity index is 1380. The highest BCUT2D eigenvalue weighted by molar-refractivity contribution is 7.09. The van der Waals surface area contributed by atoms with Gasteiger partial charge in [0.1, 0.15) is 17.9 Å². The molecule has 36 heavy (non-hydrogen) atoms. The Morgan fingerprint density at radius 3 is 2.36 bits per heavy atom. The molecule has 2 N–H and O–H groups in total. The molecule has 0 saturated heterocycles. The summed E-state index contributed by atoms with van der Waals surface area (Å²) >= 11 is 7.64. The van der Waals surface area contributed by atoms with Crippen LogP contribution < -0.4 is 10.1 Å². The number of carboxylic acid groups (broad SMARTS) is 1. The molecule has 1 heterocycles. The minimum atomic E-state index is -1.36. The minimum Gasteiger partial charge on any atom is -0.488 e. The average molecular weight is 518 g/mol. The fourth-order valence-electron chi connectivity index (χ4n) is 4.54. The lowest BCUT2D eigenvalue weighted by atomic mass is 9.95. The molecule has 1 amide bonds. The highest BCUT2D eigenvalue weighted by atomic mass is 35.5. The zero-order valence-corrected chi connectivity index (χ0v) is 20.9. The third-order valence-electron chi connectivity index (χ3n) is 6.41. The van der Waals surface area contributed by atoms with Gasteiger partial charge in [-0.3, -0.25) is 4.79 Å². The molecule has 4 aromatic rings. The molecule has 0 fully saturated rings. The van der Waals surface area contributed by atoms with Crippen LogP contribution in [0.1, 0.15) is 21.6 Å². The summed E-state index contributed by atoms with van der Waals surface area (Å²) in [5.74, 6) is -0.634. The summed E-state index contributed by atoms with van der Waals surface area (Å²) in [6, 6.07) is 24.8. The number of benzene rings is 3. The summed E-state index contributed by atoms with van der Waals surface area (Å²) in [5, 5.41) is 15.6. The average Bonchev–Trinajstić information content (AvgIpc) is 3.51. The lowest BCUT2D eigenvalue weighted by molar-refractivity contribution is -0.147. The Balaban J connectivity index is 1.24. The van der Waals surface area contributed by atoms with Crippen molar-refractivity contribution in [3.05, 3.63) is 111 Å². The van der Waals surface area contributed by atoms with Gasteiger partial charge in [-0.05, 0) is 63.5 Å². The van der Waals surface area contributed by atoms with Crippen LogP contribution in [0, 0.1) is 0 Å². The summed E-state index contributed by atoms with van der Waals surface area (Å²) in [7, 11) is 0. The van der Waals surface area contributed by atoms with Gasteiger partial charge in [0.15, 0.2) is 0 Å². The SMILES string of the molecule is O=C(Cc1ccc(OCc2cccs2)cc1)NC1(C(=O)O)Cc2ccc(-c3ccc(Cl)cc3)cc2C1. The first-order chi connectivity index (χ1) is 17.4. The van der Waals surface area contributed by atoms with Crippen molar-refractivity contribution in [1.82, 2.24) is 5.32 Å². The Kier molecular flexibility index (Phi) is 6.81. The predicted octanol–water partition coefficient (Wildman–Crippen LogP) is 5.93. The largest absolute Gasteiger partial charge is 0.488 e. The zero-order chi connectivity index (χ0) is 25.1. The van der Waals surface area contributed by atoms with Crippen LogP contribution in [0.25, 0.3) is 11.1 Å². The first-order valence-electron chi connectivity index (χ1n) is 11.6. The fraction of sp³-hybridized carbons (Fsp3) is 0.172. The van der Waals surface area contributed by atoms with E-state index in [1.54, 1.807) is 11.3 Å². The smallest absolute Gasteiger partial charge is 0.330 e. The molecule has 1 aliphatic rings. The summed E-state index contributed by atoms with van der Waals surface area (Å²) in [6.45, 7) is 0.499. The van der Waals surface area contributed by atoms with E-state index in [-0.39, 0.29) is 25.2 Å². The lowest BCUT2D eigenvalue weighted by Gasteiger charge is -2.25. The number of halogens is 1. The monoisotopic (exact) mass is 517 g/mol. The van der Waals surface area contributed by atoms with Crippen LogP contribution in [0.2, 0.25) is 5.02 Å². The number of carbonyl (C=O) groups is 2. The Morgan fingerprint density at radius 1 is 0.944 bits per heavy atom. The number of ether oxygens (including phenoxy) is 1. The number of nitrogens with one attached hydrogen (secondary N) is 1. The minimum absolute atomic E-state index is 0.0899. The number of thiophene rings is 1. The van der Waals surface area contributed by atoms with E-state index in [0.29, 0.717) is 11.6 Å². The lowest BCUT2D eigenvalue weighted by Crippen LogP contribution is -2.55. The molecule has 5 nitrogen and oxygen atoms in total. The van der Waals surface area contributed by atoms with E-state index in [0.717, 1.165) is 38.4 Å². The van der Waals surface area contributed by atoms with Gasteiger partial charge in [-0.1, -0.05) is 60.1 Å². The number of rotatable bonds is 8. The highest BCUT2D eigenvalue weighted by Gasteiger charge is 2.45. The number of hydrogen-bond donors (Lipinski definition) is 2. The molecule has 0 radical (unpaired) electrons. The van der Waals surface area contributed by atoms with Gasteiger partial charge in [0.2, 0.25) is 5.91 Å². The third kappa shape index (κ3) is 5.30. The highest BCUT2D eigenvalue weighted by Crippen LogP contribution is 2.34. The number of aliphatic carboxylic acids is 1. The van der Waals surface area contributed by atoms with E-state index in [2.05, 4.69) is 5.32 Å². The summed E-state index contributed by atoms with van der Waals surface area (Å²) in [4.78, 5) is 26.4. The maximum atomic E-state index is 12.9. The summed E-state index contributed by atoms with van der Waals surface area (Å²) in [6.07, 6.45) is 0.576. The van der Waals surface area contributed by atoms with Crippen molar-refractivity contribution in [2.24, 2.45) is 0 Å². The van der Waals surface area contributed by atoms with Crippen LogP contribution in [0.4, 0.5) is 0 Å². The van der Waals surface area contributed by atoms with Crippen LogP contribution in [0.15, 0.2) is 84.2 Å². The molecule has 1 aliphatic carbocycles. The Labute approximate surface area is 218 Å². The van der Waals surface area contributed by atoms with E-state index in [4.69, 9.17) is 16.3 Å². The van der Waals surface area contributed by atoms with Crippen LogP contribution >= 0.6 is 22.9 Å². The summed E-state index contributed by atoms with van der Waals surface area (Å²) in [5.41, 5.74) is 3.28. The van der Waals surface area contributed by atoms with Crippen molar-refractivity contribution in [3.63, 3.8) is 0 Å². The van der Waals surface area contributed by atoms with Crippen molar-refractivity contribution in [3.8, 4) is 16.9 Å². The second-order valence-corrected chi connectivity index (χ2v) is 10.4. The van der Waals surface area contributed by atoms with Gasteiger partial charge in [0.05, 0.1) is 6.42 Å². The number of fused-ring (bicyclic) bond motifs is 1. The molecule has 0 bridgehead atoms. The van der Waals surface area contributed by atoms with Gasteiger partial charge in [0, 0.05) is 22.7 Å². The van der Waals surface area contributed by atoms with Crippen LogP contribution in [0.3, 0.4) is 0 Å². The van der Waals surface area contributed by atoms with Crippen molar-refractivity contribution < 1.29 is 19.4 Å². The van der Waals surface area contributed by atoms with Gasteiger partial charge in [-0.25, -0.2) is 4.79 Å². The van der Waals surface area contributed by atoms with E-state index >= 15 is 0 Å². The van der Waals surface area contributed by atoms with Gasteiger partial charge >= 0.3 is 5.97 Å². The normalized spacial score (nSPS) is 16.4. The molecule has 0 saturated carbocycles. The first kappa shape index (κ1) is 24.1. The third-order valence-corrected chi connectivity index (χ3v) is 7.51. The van der Waals surface area contributed by atoms with Gasteiger partial charge < -0.3 is 15.2 Å². The quantitative estimate of drug-likeness (QED) is 0.304. The van der Waals surface area contributed by atoms with Crippen molar-refractivity contribution in [2.45, 2.75) is 31.4 Å². The van der Waals surface area contributed by atoms with Crippen LogP contribution in [-0.4, -0.2) is 22.5 Å². The predicted molar refractivity (Wildman–Crippen MR) is 142 cm³/mol. The maximum absolute atomic E-state index is 12.9. The molecule has 3 aromatic carbocycles. The topological polar surface area (TPSA) is 75.6 Å². The maximum Gasteiger partial charge on any atom is 0.330 e. The molecule has 1 aromatic heterocycles. The molecular weight excluding hydrogens is 494 g/mol. The molecule has 5 rings (SSSR count). The molecule has 0 aliphatic heterocycles. The fourth-order valence-corrected chi connectivity index (χ4v) is 5.28. The second kappa shape index (κ2) is 10.2. The van der Waals surface area contributed by atoms with E-state index < -0.39 is 11.5 Å². The van der Waals surface area contributed by atoms with Crippen molar-refractivity contribution in [2.75, 3.05) is 0 Å². The molecule has 0 spiro atoms. The molecule has 182 valence electrons. The molecule has 1 unspecified atom stereocenters. The molecule has 1 atom stereocenters. The molecule has 7 heteroatoms. The number of hydrogen-bond acceptors (Lipinski definition) is 4. The number of carbonyl (C=O) groups excluding carboxylic acids is 1. The number of amides is 1. The van der Waals surface area contributed by atoms with Crippen LogP contribution in [0.5, 0.6) is 5.75 Å². The van der Waals surface area contributed by atoms with E-state index in [1.165, 1.54) is 0 Å². The summed E-state index contributed by atoms with van der Waals surface area (Å²) < 4.78 is 5.77. The van der Waals surface area contributed by atoms with Crippen molar-refractivity contribution >= 4 is 34.8 Å². The second-order valence-electron chi connectivity index (χ2n) is 8.97. The van der Waals surface area contributed by atoms with Gasteiger partial charge in [-0.2, -0.15) is 0 Å². The Hall–Kier alpha value is -3.61. The Morgan fingerprint density at radius 2 is 1.67 bits per heavy atom. The van der Waals surface area contributed by atoms with Gasteiger partial charge in [0.25, 0.3) is 0 Å². The first-order valence-corrected chi connectivity index (χ1v) is 12.8. The molecular formula is C29H24ClNO4S. The standard InChI is InChI=1S/C29H24ClNO4S/c30-24-9-7-20(8-10-24)21-5-6-22-16-29(28(33)34,17-23(22)15-21)31-27(32)14-19-3-11-25(12-4-19)35-18-26-2-1-13-36-26/h1-13,15H,14,16-18H2,(H,31,32)(H,33,34). The zero-order valence-electron chi connectivity index (χ0n) is 19.4. The number of carboxylic acids is 1. The van der Waals surface area contributed by atoms with E-state index in [1.807, 2.05) is 84.2 Å². The van der Waals surface area contributed by atoms with Crippen LogP contribution in [-0.2, 0) is 35.5 Å². The van der Waals surface area contributed by atoms with Crippen molar-refractivity contribution in [1.29, 1.82) is 0 Å². The van der Waals surface area contributed by atoms with Gasteiger partial charge in [-0.15, -0.1) is 11.3 Å².